The van der Waals surface area contributed by atoms with Gasteiger partial charge in [-0.2, -0.15) is 0 Å². The second-order valence-corrected chi connectivity index (χ2v) is 26.6. The van der Waals surface area contributed by atoms with Gasteiger partial charge in [0.2, 0.25) is 0 Å². The number of unbranched alkanes of at least 4 members (excludes halogenated alkanes) is 21. The van der Waals surface area contributed by atoms with Gasteiger partial charge in [-0.1, -0.05) is 183 Å². The molecule has 0 aromatic carbocycles. The monoisotopic (exact) mass is 891 g/mol. The summed E-state index contributed by atoms with van der Waals surface area (Å²) in [5.74, 6) is -0.129. The van der Waals surface area contributed by atoms with Crippen molar-refractivity contribution >= 4 is 20.3 Å². The standard InChI is InChI=1S/C54H106N2O5Si/c1-9-12-15-18-20-21-22-23-24-25-26-28-31-36-51(57)59-47-50(48-60-52(58)49(34-29-17-14-11-3)35-30-27-19-16-13-10-2)56-44-39-54(40-45-56)37-42-55(43-38-54)41-32-33-46-61-62(7,8)53(4,5)6/h49-50H,9-48H2,1-8H3. The molecular formula is C54H106N2O5Si. The number of hydrogen-bond acceptors (Lipinski definition) is 7. The molecule has 0 aromatic heterocycles. The van der Waals surface area contributed by atoms with Crippen LogP contribution in [0.25, 0.3) is 0 Å². The highest BCUT2D eigenvalue weighted by molar-refractivity contribution is 6.74. The molecule has 2 saturated heterocycles. The number of rotatable bonds is 38. The van der Waals surface area contributed by atoms with E-state index in [0.29, 0.717) is 25.0 Å². The molecule has 0 bridgehead atoms. The van der Waals surface area contributed by atoms with Gasteiger partial charge in [0.25, 0.3) is 0 Å². The molecule has 2 unspecified atom stereocenters. The molecule has 7 nitrogen and oxygen atoms in total. The minimum atomic E-state index is -1.66. The van der Waals surface area contributed by atoms with E-state index in [-0.39, 0.29) is 28.9 Å². The summed E-state index contributed by atoms with van der Waals surface area (Å²) in [5, 5.41) is 0.272. The van der Waals surface area contributed by atoms with Crippen molar-refractivity contribution in [1.29, 1.82) is 0 Å². The molecule has 366 valence electrons. The third kappa shape index (κ3) is 25.7. The highest BCUT2D eigenvalue weighted by Gasteiger charge is 2.40. The Morgan fingerprint density at radius 1 is 0.565 bits per heavy atom. The first kappa shape index (κ1) is 57.2. The van der Waals surface area contributed by atoms with Crippen molar-refractivity contribution in [3.8, 4) is 0 Å². The fourth-order valence-corrected chi connectivity index (χ4v) is 10.7. The second kappa shape index (κ2) is 34.4. The number of nitrogens with zero attached hydrogens (tertiary/aromatic N) is 2. The van der Waals surface area contributed by atoms with Crippen LogP contribution >= 0.6 is 0 Å². The summed E-state index contributed by atoms with van der Waals surface area (Å²) in [5.41, 5.74) is 0.408. The van der Waals surface area contributed by atoms with E-state index < -0.39 is 8.32 Å². The largest absolute Gasteiger partial charge is 0.464 e. The number of carbonyl (C=O) groups is 2. The Labute approximate surface area is 387 Å². The molecule has 0 aromatic rings. The predicted molar refractivity (Wildman–Crippen MR) is 268 cm³/mol. The molecule has 2 aliphatic heterocycles. The van der Waals surface area contributed by atoms with Gasteiger partial charge in [0.1, 0.15) is 13.2 Å². The highest BCUT2D eigenvalue weighted by atomic mass is 28.4. The maximum Gasteiger partial charge on any atom is 0.308 e. The number of likely N-dealkylation sites (tertiary alicyclic amines) is 2. The summed E-state index contributed by atoms with van der Waals surface area (Å²) in [6, 6.07) is -0.0738. The first-order valence-electron chi connectivity index (χ1n) is 27.3. The normalized spacial score (nSPS) is 17.4. The first-order chi connectivity index (χ1) is 29.9. The smallest absolute Gasteiger partial charge is 0.308 e. The summed E-state index contributed by atoms with van der Waals surface area (Å²) in [6.07, 6.45) is 38.6. The van der Waals surface area contributed by atoms with Crippen LogP contribution < -0.4 is 0 Å². The highest BCUT2D eigenvalue weighted by Crippen LogP contribution is 2.42. The second-order valence-electron chi connectivity index (χ2n) is 21.8. The molecule has 0 N–H and O–H groups in total. The van der Waals surface area contributed by atoms with Crippen molar-refractivity contribution in [2.24, 2.45) is 11.3 Å². The van der Waals surface area contributed by atoms with E-state index >= 15 is 0 Å². The van der Waals surface area contributed by atoms with Gasteiger partial charge in [-0.3, -0.25) is 14.5 Å². The molecule has 0 amide bonds. The summed E-state index contributed by atoms with van der Waals surface area (Å²) in [7, 11) is -1.66. The third-order valence-corrected chi connectivity index (χ3v) is 20.0. The number of carbonyl (C=O) groups excluding carboxylic acids is 2. The minimum absolute atomic E-state index is 0.0173. The zero-order valence-electron chi connectivity index (χ0n) is 42.9. The van der Waals surface area contributed by atoms with E-state index in [2.05, 4.69) is 64.4 Å². The van der Waals surface area contributed by atoms with Crippen molar-refractivity contribution in [3.63, 3.8) is 0 Å². The van der Waals surface area contributed by atoms with Crippen molar-refractivity contribution in [1.82, 2.24) is 9.80 Å². The number of hydrogen-bond donors (Lipinski definition) is 0. The Bertz CT molecular complexity index is 1090. The fraction of sp³-hybridized carbons (Fsp3) is 0.963. The zero-order chi connectivity index (χ0) is 45.4. The van der Waals surface area contributed by atoms with Crippen LogP contribution in [0.4, 0.5) is 0 Å². The van der Waals surface area contributed by atoms with Crippen LogP contribution in [-0.4, -0.2) is 88.6 Å². The van der Waals surface area contributed by atoms with E-state index in [1.54, 1.807) is 0 Å². The Morgan fingerprint density at radius 2 is 1.00 bits per heavy atom. The topological polar surface area (TPSA) is 68.3 Å². The maximum absolute atomic E-state index is 13.8. The molecule has 1 spiro atoms. The lowest BCUT2D eigenvalue weighted by atomic mass is 9.71. The van der Waals surface area contributed by atoms with Gasteiger partial charge in [-0.15, -0.1) is 0 Å². The molecular weight excluding hydrogens is 785 g/mol. The SMILES string of the molecule is CCCCCCCCCCCCCCCC(=O)OCC(COC(=O)C(CCCCCC)CCCCCCCC)N1CCC2(CCN(CCCCO[Si](C)(C)C(C)(C)C)CC2)CC1. The average Bonchev–Trinajstić information content (AvgIpc) is 3.25. The summed E-state index contributed by atoms with van der Waals surface area (Å²) < 4.78 is 18.7. The van der Waals surface area contributed by atoms with Crippen LogP contribution in [-0.2, 0) is 23.5 Å². The van der Waals surface area contributed by atoms with Crippen molar-refractivity contribution in [2.45, 2.75) is 271 Å². The van der Waals surface area contributed by atoms with Gasteiger partial charge < -0.3 is 18.8 Å². The number of piperidine rings is 2. The number of ether oxygens (including phenoxy) is 2. The molecule has 8 heteroatoms. The van der Waals surface area contributed by atoms with Crippen molar-refractivity contribution in [2.75, 3.05) is 52.5 Å². The molecule has 2 atom stereocenters. The summed E-state index contributed by atoms with van der Waals surface area (Å²) in [6.45, 7) is 25.6. The lowest BCUT2D eigenvalue weighted by Gasteiger charge is -2.48. The number of esters is 2. The van der Waals surface area contributed by atoms with Crippen molar-refractivity contribution in [3.05, 3.63) is 0 Å². The lowest BCUT2D eigenvalue weighted by molar-refractivity contribution is -0.154. The van der Waals surface area contributed by atoms with Crippen LogP contribution in [0.3, 0.4) is 0 Å². The molecule has 0 radical (unpaired) electrons. The molecule has 0 saturated carbocycles. The van der Waals surface area contributed by atoms with Gasteiger partial charge in [0.05, 0.1) is 12.0 Å². The predicted octanol–water partition coefficient (Wildman–Crippen LogP) is 15.2. The van der Waals surface area contributed by atoms with E-state index in [1.165, 1.54) is 174 Å². The Hall–Kier alpha value is -0.963. The summed E-state index contributed by atoms with van der Waals surface area (Å²) in [4.78, 5) is 32.0. The van der Waals surface area contributed by atoms with E-state index in [0.717, 1.165) is 64.6 Å². The zero-order valence-corrected chi connectivity index (χ0v) is 43.9. The van der Waals surface area contributed by atoms with E-state index in [1.807, 2.05) is 0 Å². The lowest BCUT2D eigenvalue weighted by Crippen LogP contribution is -2.52. The van der Waals surface area contributed by atoms with Gasteiger partial charge in [-0.05, 0) is 114 Å². The van der Waals surface area contributed by atoms with Crippen LogP contribution in [0.1, 0.15) is 247 Å². The molecule has 2 aliphatic rings. The quantitative estimate of drug-likeness (QED) is 0.0347. The van der Waals surface area contributed by atoms with Crippen LogP contribution in [0.15, 0.2) is 0 Å². The van der Waals surface area contributed by atoms with Gasteiger partial charge >= 0.3 is 11.9 Å². The van der Waals surface area contributed by atoms with Crippen LogP contribution in [0.5, 0.6) is 0 Å². The minimum Gasteiger partial charge on any atom is -0.464 e. The Balaban J connectivity index is 1.86. The molecule has 62 heavy (non-hydrogen) atoms. The van der Waals surface area contributed by atoms with Gasteiger partial charge in [-0.25, -0.2) is 0 Å². The molecule has 2 heterocycles. The molecule has 2 rings (SSSR count). The van der Waals surface area contributed by atoms with E-state index in [4.69, 9.17) is 13.9 Å². The Kier molecular flexibility index (Phi) is 31.7. The van der Waals surface area contributed by atoms with Gasteiger partial charge in [0.15, 0.2) is 8.32 Å². The Morgan fingerprint density at radius 3 is 1.50 bits per heavy atom. The van der Waals surface area contributed by atoms with Crippen molar-refractivity contribution < 1.29 is 23.5 Å². The first-order valence-corrected chi connectivity index (χ1v) is 30.2. The van der Waals surface area contributed by atoms with Gasteiger partial charge in [0, 0.05) is 13.0 Å². The summed E-state index contributed by atoms with van der Waals surface area (Å²) >= 11 is 0. The fourth-order valence-electron chi connectivity index (χ4n) is 9.57. The van der Waals surface area contributed by atoms with Crippen LogP contribution in [0, 0.1) is 11.3 Å². The molecule has 0 aliphatic carbocycles. The third-order valence-electron chi connectivity index (χ3n) is 15.4. The van der Waals surface area contributed by atoms with Crippen LogP contribution in [0.2, 0.25) is 18.1 Å². The average molecular weight is 892 g/mol. The molecule has 2 fully saturated rings. The van der Waals surface area contributed by atoms with E-state index in [9.17, 15) is 9.59 Å². The maximum atomic E-state index is 13.8.